The van der Waals surface area contributed by atoms with Crippen molar-refractivity contribution in [2.75, 3.05) is 13.6 Å². The highest BCUT2D eigenvalue weighted by Crippen LogP contribution is 2.33. The van der Waals surface area contributed by atoms with Crippen LogP contribution >= 0.6 is 0 Å². The van der Waals surface area contributed by atoms with Gasteiger partial charge in [0.05, 0.1) is 0 Å². The van der Waals surface area contributed by atoms with E-state index in [4.69, 9.17) is 0 Å². The highest BCUT2D eigenvalue weighted by atomic mass is 14.8. The van der Waals surface area contributed by atoms with Gasteiger partial charge in [0.25, 0.3) is 0 Å². The molecule has 1 rings (SSSR count). The third-order valence-corrected chi connectivity index (χ3v) is 3.22. The van der Waals surface area contributed by atoms with Crippen LogP contribution in [0.15, 0.2) is 0 Å². The minimum Gasteiger partial charge on any atom is -0.319 e. The normalized spacial score (nSPS) is 39.0. The molecule has 0 amide bonds. The van der Waals surface area contributed by atoms with Crippen LogP contribution in [0.25, 0.3) is 0 Å². The van der Waals surface area contributed by atoms with E-state index < -0.39 is 0 Å². The lowest BCUT2D eigenvalue weighted by Crippen LogP contribution is -2.32. The molecule has 0 aromatic heterocycles. The van der Waals surface area contributed by atoms with Crippen LogP contribution in [0.2, 0.25) is 0 Å². The van der Waals surface area contributed by atoms with Crippen LogP contribution in [0.3, 0.4) is 0 Å². The minimum atomic E-state index is 0.925. The summed E-state index contributed by atoms with van der Waals surface area (Å²) in [7, 11) is 2.06. The van der Waals surface area contributed by atoms with Crippen LogP contribution < -0.4 is 5.32 Å². The third-order valence-electron chi connectivity index (χ3n) is 3.22. The van der Waals surface area contributed by atoms with Gasteiger partial charge in [-0.25, -0.2) is 0 Å². The maximum atomic E-state index is 3.30. The van der Waals surface area contributed by atoms with Crippen molar-refractivity contribution in [3.8, 4) is 0 Å². The Morgan fingerprint density at radius 1 is 1.18 bits per heavy atom. The van der Waals surface area contributed by atoms with E-state index in [1.54, 1.807) is 0 Å². The molecule has 0 radical (unpaired) electrons. The summed E-state index contributed by atoms with van der Waals surface area (Å²) in [5.74, 6) is 2.80. The smallest absolute Gasteiger partial charge is 0.00184 e. The number of hydrogen-bond donors (Lipinski definition) is 1. The summed E-state index contributed by atoms with van der Waals surface area (Å²) in [6.45, 7) is 6.01. The molecule has 0 aromatic carbocycles. The summed E-state index contributed by atoms with van der Waals surface area (Å²) < 4.78 is 0. The molecule has 0 aromatic rings. The van der Waals surface area contributed by atoms with E-state index in [0.717, 1.165) is 17.8 Å². The van der Waals surface area contributed by atoms with E-state index >= 15 is 0 Å². The van der Waals surface area contributed by atoms with E-state index in [2.05, 4.69) is 26.2 Å². The summed E-state index contributed by atoms with van der Waals surface area (Å²) in [6.07, 6.45) is 4.33. The number of hydrogen-bond acceptors (Lipinski definition) is 1. The fraction of sp³-hybridized carbons (Fsp3) is 1.00. The van der Waals surface area contributed by atoms with Crippen LogP contribution in [0.1, 0.15) is 33.1 Å². The second-order valence-corrected chi connectivity index (χ2v) is 4.11. The van der Waals surface area contributed by atoms with E-state index in [9.17, 15) is 0 Å². The zero-order chi connectivity index (χ0) is 8.27. The SMILES string of the molecule is CNCC1C(C)CCCC1C. The molecule has 1 nitrogen and oxygen atoms in total. The second-order valence-electron chi connectivity index (χ2n) is 4.11. The summed E-state index contributed by atoms with van der Waals surface area (Å²) >= 11 is 0. The van der Waals surface area contributed by atoms with Crippen LogP contribution in [0.4, 0.5) is 0 Å². The zero-order valence-electron chi connectivity index (χ0n) is 8.06. The average Bonchev–Trinajstić information content (AvgIpc) is 1.97. The van der Waals surface area contributed by atoms with Crippen molar-refractivity contribution >= 4 is 0 Å². The summed E-state index contributed by atoms with van der Waals surface area (Å²) in [4.78, 5) is 0. The molecule has 0 heterocycles. The molecule has 0 bridgehead atoms. The lowest BCUT2D eigenvalue weighted by molar-refractivity contribution is 0.177. The Balaban J connectivity index is 2.41. The van der Waals surface area contributed by atoms with Gasteiger partial charge in [0.2, 0.25) is 0 Å². The van der Waals surface area contributed by atoms with Gasteiger partial charge in [-0.2, -0.15) is 0 Å². The van der Waals surface area contributed by atoms with Crippen molar-refractivity contribution < 1.29 is 0 Å². The first-order valence-corrected chi connectivity index (χ1v) is 4.90. The quantitative estimate of drug-likeness (QED) is 0.645. The highest BCUT2D eigenvalue weighted by Gasteiger charge is 2.26. The van der Waals surface area contributed by atoms with Crippen molar-refractivity contribution in [1.82, 2.24) is 5.32 Å². The van der Waals surface area contributed by atoms with Crippen LogP contribution in [0.5, 0.6) is 0 Å². The highest BCUT2D eigenvalue weighted by molar-refractivity contribution is 4.78. The Bertz CT molecular complexity index is 101. The van der Waals surface area contributed by atoms with Gasteiger partial charge in [-0.1, -0.05) is 33.1 Å². The molecule has 1 aliphatic rings. The van der Waals surface area contributed by atoms with Crippen LogP contribution in [-0.4, -0.2) is 13.6 Å². The van der Waals surface area contributed by atoms with Crippen LogP contribution in [-0.2, 0) is 0 Å². The fourth-order valence-electron chi connectivity index (χ4n) is 2.39. The monoisotopic (exact) mass is 155 g/mol. The van der Waals surface area contributed by atoms with E-state index in [1.807, 2.05) is 0 Å². The summed E-state index contributed by atoms with van der Waals surface area (Å²) in [5, 5.41) is 3.30. The molecule has 1 saturated carbocycles. The van der Waals surface area contributed by atoms with Gasteiger partial charge < -0.3 is 5.32 Å². The molecule has 66 valence electrons. The fourth-order valence-corrected chi connectivity index (χ4v) is 2.39. The maximum Gasteiger partial charge on any atom is -0.00184 e. The van der Waals surface area contributed by atoms with Crippen molar-refractivity contribution in [2.45, 2.75) is 33.1 Å². The van der Waals surface area contributed by atoms with Gasteiger partial charge in [0.15, 0.2) is 0 Å². The molecule has 11 heavy (non-hydrogen) atoms. The van der Waals surface area contributed by atoms with Gasteiger partial charge in [-0.3, -0.25) is 0 Å². The van der Waals surface area contributed by atoms with Crippen molar-refractivity contribution in [3.63, 3.8) is 0 Å². The summed E-state index contributed by atoms with van der Waals surface area (Å²) in [5.41, 5.74) is 0. The molecular formula is C10H21N. The first kappa shape index (κ1) is 9.05. The molecule has 1 heteroatoms. The van der Waals surface area contributed by atoms with Crippen molar-refractivity contribution in [2.24, 2.45) is 17.8 Å². The molecule has 1 fully saturated rings. The molecule has 1 N–H and O–H groups in total. The Kier molecular flexibility index (Phi) is 3.38. The molecule has 0 spiro atoms. The molecule has 0 saturated heterocycles. The summed E-state index contributed by atoms with van der Waals surface area (Å²) in [6, 6.07) is 0. The van der Waals surface area contributed by atoms with Gasteiger partial charge in [-0.05, 0) is 31.3 Å². The van der Waals surface area contributed by atoms with E-state index in [-0.39, 0.29) is 0 Å². The topological polar surface area (TPSA) is 12.0 Å². The van der Waals surface area contributed by atoms with Gasteiger partial charge in [-0.15, -0.1) is 0 Å². The number of nitrogens with one attached hydrogen (secondary N) is 1. The Morgan fingerprint density at radius 3 is 2.18 bits per heavy atom. The largest absolute Gasteiger partial charge is 0.319 e. The van der Waals surface area contributed by atoms with Crippen molar-refractivity contribution in [3.05, 3.63) is 0 Å². The van der Waals surface area contributed by atoms with Crippen molar-refractivity contribution in [1.29, 1.82) is 0 Å². The zero-order valence-corrected chi connectivity index (χ0v) is 8.06. The van der Waals surface area contributed by atoms with Crippen LogP contribution in [0, 0.1) is 17.8 Å². The second kappa shape index (κ2) is 4.10. The minimum absolute atomic E-state index is 0.925. The maximum absolute atomic E-state index is 3.30. The number of rotatable bonds is 2. The molecular weight excluding hydrogens is 134 g/mol. The Hall–Kier alpha value is -0.0400. The molecule has 2 atom stereocenters. The Morgan fingerprint density at radius 2 is 1.73 bits per heavy atom. The molecule has 0 aliphatic heterocycles. The lowest BCUT2D eigenvalue weighted by atomic mass is 9.74. The van der Waals surface area contributed by atoms with Gasteiger partial charge in [0, 0.05) is 0 Å². The predicted molar refractivity (Wildman–Crippen MR) is 49.6 cm³/mol. The van der Waals surface area contributed by atoms with Gasteiger partial charge in [0.1, 0.15) is 0 Å². The van der Waals surface area contributed by atoms with E-state index in [1.165, 1.54) is 25.8 Å². The first-order valence-electron chi connectivity index (χ1n) is 4.90. The molecule has 2 unspecified atom stereocenters. The van der Waals surface area contributed by atoms with E-state index in [0.29, 0.717) is 0 Å². The average molecular weight is 155 g/mol. The lowest BCUT2D eigenvalue weighted by Gasteiger charge is -2.34. The first-order chi connectivity index (χ1) is 5.25. The molecule has 1 aliphatic carbocycles. The standard InChI is InChI=1S/C10H21N/c1-8-5-4-6-9(2)10(8)7-11-3/h8-11H,4-7H2,1-3H3. The Labute approximate surface area is 70.6 Å². The van der Waals surface area contributed by atoms with Gasteiger partial charge >= 0.3 is 0 Å². The predicted octanol–water partition coefficient (Wildman–Crippen LogP) is 2.28. The third kappa shape index (κ3) is 2.19.